The van der Waals surface area contributed by atoms with Gasteiger partial charge in [-0.25, -0.2) is 0 Å². The number of ether oxygens (including phenoxy) is 4. The molecule has 0 N–H and O–H groups in total. The van der Waals surface area contributed by atoms with E-state index < -0.39 is 6.04 Å². The van der Waals surface area contributed by atoms with E-state index in [4.69, 9.17) is 46.7 Å². The van der Waals surface area contributed by atoms with E-state index in [-0.39, 0.29) is 5.91 Å². The second-order valence-corrected chi connectivity index (χ2v) is 10.0. The number of aromatic nitrogens is 1. The highest BCUT2D eigenvalue weighted by atomic mass is 35.5. The first-order valence-electron chi connectivity index (χ1n) is 12.5. The Morgan fingerprint density at radius 3 is 2.17 bits per heavy atom. The molecule has 0 bridgehead atoms. The average molecular weight is 583 g/mol. The van der Waals surface area contributed by atoms with Crippen LogP contribution in [0.4, 0.5) is 0 Å². The number of hydrogen-bond donors (Lipinski definition) is 0. The third kappa shape index (κ3) is 4.71. The number of fused-ring (bicyclic) bond motifs is 1. The highest BCUT2D eigenvalue weighted by Crippen LogP contribution is 2.45. The summed E-state index contributed by atoms with van der Waals surface area (Å²) in [6.45, 7) is 2.12. The van der Waals surface area contributed by atoms with Crippen molar-refractivity contribution in [1.29, 1.82) is 0 Å². The van der Waals surface area contributed by atoms with E-state index in [1.54, 1.807) is 58.5 Å². The van der Waals surface area contributed by atoms with Gasteiger partial charge in [-0.2, -0.15) is 0 Å². The quantitative estimate of drug-likeness (QED) is 0.237. The highest BCUT2D eigenvalue weighted by Gasteiger charge is 2.37. The molecule has 1 aliphatic rings. The summed E-state index contributed by atoms with van der Waals surface area (Å²) in [5, 5.41) is 4.94. The molecule has 0 spiro atoms. The van der Waals surface area contributed by atoms with Gasteiger partial charge in [-0.15, -0.1) is 0 Å². The van der Waals surface area contributed by atoms with Crippen LogP contribution in [-0.4, -0.2) is 50.9 Å². The Morgan fingerprint density at radius 2 is 1.52 bits per heavy atom. The van der Waals surface area contributed by atoms with Gasteiger partial charge in [-0.1, -0.05) is 40.5 Å². The summed E-state index contributed by atoms with van der Waals surface area (Å²) in [6.07, 6.45) is 0.595. The normalized spacial score (nSPS) is 14.5. The van der Waals surface area contributed by atoms with E-state index in [1.165, 1.54) is 0 Å². The fourth-order valence-electron chi connectivity index (χ4n) is 5.21. The predicted molar refractivity (Wildman–Crippen MR) is 152 cm³/mol. The van der Waals surface area contributed by atoms with Crippen molar-refractivity contribution in [2.75, 3.05) is 35.0 Å². The number of hydrogen-bond acceptors (Lipinski definition) is 7. The molecule has 0 saturated heterocycles. The number of benzene rings is 3. The SMILES string of the molecule is COc1ccc(C2c3cc(OC)c(OC)cc3CCN2C(=O)c2c(-c3c(Cl)cccc3Cl)noc2C)cc1OC. The van der Waals surface area contributed by atoms with Crippen molar-refractivity contribution in [2.45, 2.75) is 19.4 Å². The Labute approximate surface area is 242 Å². The van der Waals surface area contributed by atoms with Gasteiger partial charge < -0.3 is 28.4 Å². The van der Waals surface area contributed by atoms with Gasteiger partial charge in [0, 0.05) is 12.1 Å². The maximum Gasteiger partial charge on any atom is 0.260 e. The molecular formula is C30H28Cl2N2O6. The van der Waals surface area contributed by atoms with Crippen molar-refractivity contribution >= 4 is 29.1 Å². The number of methoxy groups -OCH3 is 4. The topological polar surface area (TPSA) is 83.3 Å². The molecule has 1 aliphatic heterocycles. The van der Waals surface area contributed by atoms with Crippen molar-refractivity contribution in [3.8, 4) is 34.3 Å². The van der Waals surface area contributed by atoms with E-state index in [0.717, 1.165) is 16.7 Å². The Balaban J connectivity index is 1.70. The molecule has 1 unspecified atom stereocenters. The van der Waals surface area contributed by atoms with E-state index in [0.29, 0.717) is 68.6 Å². The van der Waals surface area contributed by atoms with Gasteiger partial charge in [-0.05, 0) is 66.4 Å². The lowest BCUT2D eigenvalue weighted by atomic mass is 9.86. The molecule has 0 aliphatic carbocycles. The number of amides is 1. The third-order valence-corrected chi connectivity index (χ3v) is 7.76. The maximum absolute atomic E-state index is 14.5. The summed E-state index contributed by atoms with van der Waals surface area (Å²) in [4.78, 5) is 16.3. The van der Waals surface area contributed by atoms with Gasteiger partial charge in [0.25, 0.3) is 5.91 Å². The maximum atomic E-state index is 14.5. The second-order valence-electron chi connectivity index (χ2n) is 9.23. The molecule has 0 fully saturated rings. The second kappa shape index (κ2) is 11.3. The first-order valence-corrected chi connectivity index (χ1v) is 13.3. The minimum atomic E-state index is -0.500. The molecule has 1 atom stereocenters. The van der Waals surface area contributed by atoms with E-state index >= 15 is 0 Å². The molecule has 8 nitrogen and oxygen atoms in total. The number of halogens is 2. The predicted octanol–water partition coefficient (Wildman–Crippen LogP) is 6.78. The van der Waals surface area contributed by atoms with Crippen LogP contribution in [0.15, 0.2) is 53.1 Å². The fourth-order valence-corrected chi connectivity index (χ4v) is 5.79. The zero-order valence-electron chi connectivity index (χ0n) is 22.7. The largest absolute Gasteiger partial charge is 0.493 e. The van der Waals surface area contributed by atoms with Gasteiger partial charge >= 0.3 is 0 Å². The number of nitrogens with zero attached hydrogens (tertiary/aromatic N) is 2. The Hall–Kier alpha value is -3.88. The Bertz CT molecular complexity index is 1560. The molecule has 3 aromatic carbocycles. The van der Waals surface area contributed by atoms with Crippen LogP contribution in [0, 0.1) is 6.92 Å². The van der Waals surface area contributed by atoms with Crippen LogP contribution in [0.2, 0.25) is 10.0 Å². The van der Waals surface area contributed by atoms with Crippen LogP contribution in [-0.2, 0) is 6.42 Å². The highest BCUT2D eigenvalue weighted by molar-refractivity contribution is 6.39. The molecule has 208 valence electrons. The summed E-state index contributed by atoms with van der Waals surface area (Å²) in [5.74, 6) is 2.40. The molecular weight excluding hydrogens is 555 g/mol. The van der Waals surface area contributed by atoms with Crippen LogP contribution >= 0.6 is 23.2 Å². The minimum Gasteiger partial charge on any atom is -0.493 e. The lowest BCUT2D eigenvalue weighted by Gasteiger charge is -2.38. The molecule has 1 amide bonds. The summed E-state index contributed by atoms with van der Waals surface area (Å²) in [5.41, 5.74) is 3.79. The van der Waals surface area contributed by atoms with Crippen molar-refractivity contribution in [3.63, 3.8) is 0 Å². The molecule has 10 heteroatoms. The summed E-state index contributed by atoms with van der Waals surface area (Å²) >= 11 is 13.0. The lowest BCUT2D eigenvalue weighted by molar-refractivity contribution is 0.0693. The summed E-state index contributed by atoms with van der Waals surface area (Å²) < 4.78 is 27.8. The zero-order chi connectivity index (χ0) is 28.6. The molecule has 40 heavy (non-hydrogen) atoms. The van der Waals surface area contributed by atoms with Crippen LogP contribution in [0.5, 0.6) is 23.0 Å². The summed E-state index contributed by atoms with van der Waals surface area (Å²) in [6, 6.07) is 14.1. The van der Waals surface area contributed by atoms with Gasteiger partial charge in [0.2, 0.25) is 0 Å². The summed E-state index contributed by atoms with van der Waals surface area (Å²) in [7, 11) is 6.34. The smallest absolute Gasteiger partial charge is 0.260 e. The van der Waals surface area contributed by atoms with Crippen LogP contribution in [0.25, 0.3) is 11.3 Å². The lowest BCUT2D eigenvalue weighted by Crippen LogP contribution is -2.41. The van der Waals surface area contributed by atoms with Crippen LogP contribution < -0.4 is 18.9 Å². The first-order chi connectivity index (χ1) is 19.3. The van der Waals surface area contributed by atoms with E-state index in [9.17, 15) is 4.79 Å². The number of carbonyl (C=O) groups is 1. The molecule has 2 heterocycles. The van der Waals surface area contributed by atoms with Crippen molar-refractivity contribution in [1.82, 2.24) is 10.1 Å². The molecule has 0 saturated carbocycles. The average Bonchev–Trinajstić information content (AvgIpc) is 3.35. The third-order valence-electron chi connectivity index (χ3n) is 7.13. The van der Waals surface area contributed by atoms with Gasteiger partial charge in [0.15, 0.2) is 23.0 Å². The van der Waals surface area contributed by atoms with E-state index in [1.807, 2.05) is 30.3 Å². The Kier molecular flexibility index (Phi) is 7.83. The number of aryl methyl sites for hydroxylation is 1. The van der Waals surface area contributed by atoms with Gasteiger partial charge in [0.05, 0.1) is 44.5 Å². The van der Waals surface area contributed by atoms with Crippen LogP contribution in [0.3, 0.4) is 0 Å². The van der Waals surface area contributed by atoms with Gasteiger partial charge in [-0.3, -0.25) is 4.79 Å². The van der Waals surface area contributed by atoms with Crippen molar-refractivity contribution in [3.05, 3.63) is 86.6 Å². The molecule has 1 aromatic heterocycles. The zero-order valence-corrected chi connectivity index (χ0v) is 24.2. The van der Waals surface area contributed by atoms with Gasteiger partial charge in [0.1, 0.15) is 17.0 Å². The molecule has 0 radical (unpaired) electrons. The van der Waals surface area contributed by atoms with Crippen LogP contribution in [0.1, 0.15) is 38.9 Å². The monoisotopic (exact) mass is 582 g/mol. The number of carbonyl (C=O) groups excluding carboxylic acids is 1. The first kappa shape index (κ1) is 27.7. The molecule has 5 rings (SSSR count). The number of rotatable bonds is 7. The standard InChI is InChI=1S/C30H28Cl2N2O6/c1-16-26(28(33-40-16)27-20(31)7-6-8-21(27)32)30(35)34-12-11-17-13-24(38-4)25(39-5)15-19(17)29(34)18-9-10-22(36-2)23(14-18)37-3/h6-10,13-15,29H,11-12H2,1-5H3. The van der Waals surface area contributed by atoms with Crippen molar-refractivity contribution in [2.24, 2.45) is 0 Å². The Morgan fingerprint density at radius 1 is 0.900 bits per heavy atom. The van der Waals surface area contributed by atoms with Crippen molar-refractivity contribution < 1.29 is 28.3 Å². The molecule has 4 aromatic rings. The fraction of sp³-hybridized carbons (Fsp3) is 0.267. The minimum absolute atomic E-state index is 0.273. The van der Waals surface area contributed by atoms with E-state index in [2.05, 4.69) is 5.16 Å².